The van der Waals surface area contributed by atoms with Crippen LogP contribution in [0.3, 0.4) is 0 Å². The summed E-state index contributed by atoms with van der Waals surface area (Å²) < 4.78 is 26.2. The van der Waals surface area contributed by atoms with Gasteiger partial charge >= 0.3 is 0 Å². The van der Waals surface area contributed by atoms with Gasteiger partial charge in [-0.2, -0.15) is 0 Å². The zero-order valence-corrected chi connectivity index (χ0v) is 8.42. The quantitative estimate of drug-likeness (QED) is 0.805. The lowest BCUT2D eigenvalue weighted by Crippen LogP contribution is -2.26. The van der Waals surface area contributed by atoms with Gasteiger partial charge in [0.2, 0.25) is 0 Å². The highest BCUT2D eigenvalue weighted by molar-refractivity contribution is 5.19. The van der Waals surface area contributed by atoms with Crippen molar-refractivity contribution in [2.45, 2.75) is 19.0 Å². The molecule has 1 aliphatic heterocycles. The molecule has 0 spiro atoms. The highest BCUT2D eigenvalue weighted by Gasteiger charge is 2.20. The predicted octanol–water partition coefficient (Wildman–Crippen LogP) is 1.50. The van der Waals surface area contributed by atoms with Crippen LogP contribution in [0.1, 0.15) is 12.0 Å². The van der Waals surface area contributed by atoms with Crippen LogP contribution in [-0.2, 0) is 6.54 Å². The molecule has 1 aromatic rings. The molecule has 1 heterocycles. The van der Waals surface area contributed by atoms with Crippen LogP contribution >= 0.6 is 0 Å². The Morgan fingerprint density at radius 1 is 1.40 bits per heavy atom. The second kappa shape index (κ2) is 4.24. The number of hydrogen-bond acceptors (Lipinski definition) is 2. The monoisotopic (exact) mass is 212 g/mol. The summed E-state index contributed by atoms with van der Waals surface area (Å²) in [6.07, 6.45) is 0.928. The Kier molecular flexibility index (Phi) is 2.98. The molecule has 2 rings (SSSR count). The molecular weight excluding hydrogens is 198 g/mol. The van der Waals surface area contributed by atoms with E-state index in [0.717, 1.165) is 25.6 Å². The van der Waals surface area contributed by atoms with Crippen LogP contribution in [0.15, 0.2) is 18.2 Å². The van der Waals surface area contributed by atoms with Crippen molar-refractivity contribution in [2.24, 2.45) is 5.73 Å². The number of likely N-dealkylation sites (tertiary alicyclic amines) is 1. The molecule has 1 saturated heterocycles. The van der Waals surface area contributed by atoms with Gasteiger partial charge in [-0.05, 0) is 12.5 Å². The van der Waals surface area contributed by atoms with Crippen molar-refractivity contribution in [2.75, 3.05) is 13.1 Å². The average molecular weight is 212 g/mol. The standard InChI is InChI=1S/C11H14F2N2/c12-10-3-1-2-8(11(10)13)6-15-5-4-9(14)7-15/h1-3,9H,4-7,14H2/t9-/m1/s1. The Hall–Kier alpha value is -1.00. The molecule has 2 nitrogen and oxygen atoms in total. The van der Waals surface area contributed by atoms with Crippen LogP contribution in [0.2, 0.25) is 0 Å². The second-order valence-corrected chi connectivity index (χ2v) is 4.00. The van der Waals surface area contributed by atoms with Crippen LogP contribution in [0, 0.1) is 11.6 Å². The summed E-state index contributed by atoms with van der Waals surface area (Å²) >= 11 is 0. The summed E-state index contributed by atoms with van der Waals surface area (Å²) in [7, 11) is 0. The maximum atomic E-state index is 13.3. The molecule has 0 saturated carbocycles. The highest BCUT2D eigenvalue weighted by Crippen LogP contribution is 2.16. The predicted molar refractivity (Wildman–Crippen MR) is 54.2 cm³/mol. The third-order valence-corrected chi connectivity index (χ3v) is 2.73. The fourth-order valence-electron chi connectivity index (χ4n) is 1.92. The molecule has 0 bridgehead atoms. The maximum absolute atomic E-state index is 13.3. The number of rotatable bonds is 2. The Balaban J connectivity index is 2.07. The maximum Gasteiger partial charge on any atom is 0.163 e. The first-order valence-electron chi connectivity index (χ1n) is 5.07. The smallest absolute Gasteiger partial charge is 0.163 e. The van der Waals surface area contributed by atoms with Crippen molar-refractivity contribution in [3.05, 3.63) is 35.4 Å². The zero-order chi connectivity index (χ0) is 10.8. The molecule has 0 unspecified atom stereocenters. The molecule has 4 heteroatoms. The molecule has 15 heavy (non-hydrogen) atoms. The summed E-state index contributed by atoms with van der Waals surface area (Å²) in [6.45, 7) is 2.06. The number of benzene rings is 1. The Morgan fingerprint density at radius 3 is 2.87 bits per heavy atom. The Morgan fingerprint density at radius 2 is 2.20 bits per heavy atom. The van der Waals surface area contributed by atoms with Gasteiger partial charge in [0.1, 0.15) is 0 Å². The SMILES string of the molecule is N[C@@H]1CCN(Cc2cccc(F)c2F)C1. The number of halogens is 2. The zero-order valence-electron chi connectivity index (χ0n) is 8.42. The lowest BCUT2D eigenvalue weighted by molar-refractivity contribution is 0.318. The Labute approximate surface area is 87.7 Å². The van der Waals surface area contributed by atoms with Crippen LogP contribution < -0.4 is 5.73 Å². The summed E-state index contributed by atoms with van der Waals surface area (Å²) in [5, 5.41) is 0. The van der Waals surface area contributed by atoms with Crippen molar-refractivity contribution in [3.8, 4) is 0 Å². The summed E-state index contributed by atoms with van der Waals surface area (Å²) in [4.78, 5) is 2.04. The van der Waals surface area contributed by atoms with Crippen molar-refractivity contribution in [3.63, 3.8) is 0 Å². The molecule has 1 atom stereocenters. The van der Waals surface area contributed by atoms with E-state index in [1.807, 2.05) is 4.90 Å². The van der Waals surface area contributed by atoms with Gasteiger partial charge in [0.25, 0.3) is 0 Å². The van der Waals surface area contributed by atoms with Crippen LogP contribution in [0.5, 0.6) is 0 Å². The molecule has 82 valence electrons. The molecule has 2 N–H and O–H groups in total. The summed E-state index contributed by atoms with van der Waals surface area (Å²) in [6, 6.07) is 4.45. The molecule has 1 aliphatic rings. The van der Waals surface area contributed by atoms with Gasteiger partial charge in [-0.15, -0.1) is 0 Å². The fraction of sp³-hybridized carbons (Fsp3) is 0.455. The van der Waals surface area contributed by atoms with E-state index in [1.165, 1.54) is 6.07 Å². The molecule has 0 aromatic heterocycles. The van der Waals surface area contributed by atoms with Gasteiger partial charge < -0.3 is 5.73 Å². The lowest BCUT2D eigenvalue weighted by Gasteiger charge is -2.15. The van der Waals surface area contributed by atoms with E-state index in [0.29, 0.717) is 12.1 Å². The van der Waals surface area contributed by atoms with Crippen molar-refractivity contribution < 1.29 is 8.78 Å². The third-order valence-electron chi connectivity index (χ3n) is 2.73. The molecule has 0 aliphatic carbocycles. The number of nitrogens with zero attached hydrogens (tertiary/aromatic N) is 1. The van der Waals surface area contributed by atoms with Crippen molar-refractivity contribution in [1.29, 1.82) is 0 Å². The first-order valence-corrected chi connectivity index (χ1v) is 5.07. The van der Waals surface area contributed by atoms with Gasteiger partial charge in [-0.25, -0.2) is 8.78 Å². The fourth-order valence-corrected chi connectivity index (χ4v) is 1.92. The highest BCUT2D eigenvalue weighted by atomic mass is 19.2. The van der Waals surface area contributed by atoms with E-state index in [1.54, 1.807) is 6.07 Å². The topological polar surface area (TPSA) is 29.3 Å². The van der Waals surface area contributed by atoms with Gasteiger partial charge in [-0.3, -0.25) is 4.90 Å². The van der Waals surface area contributed by atoms with E-state index in [2.05, 4.69) is 0 Å². The molecule has 0 radical (unpaired) electrons. The second-order valence-electron chi connectivity index (χ2n) is 4.00. The van der Waals surface area contributed by atoms with Crippen LogP contribution in [0.25, 0.3) is 0 Å². The van der Waals surface area contributed by atoms with Gasteiger partial charge in [0.15, 0.2) is 11.6 Å². The first kappa shape index (κ1) is 10.5. The van der Waals surface area contributed by atoms with Crippen molar-refractivity contribution in [1.82, 2.24) is 4.90 Å². The van der Waals surface area contributed by atoms with Crippen molar-refractivity contribution >= 4 is 0 Å². The van der Waals surface area contributed by atoms with E-state index in [9.17, 15) is 8.78 Å². The average Bonchev–Trinajstić information content (AvgIpc) is 2.59. The van der Waals surface area contributed by atoms with Gasteiger partial charge in [0.05, 0.1) is 0 Å². The van der Waals surface area contributed by atoms with Crippen LogP contribution in [0.4, 0.5) is 8.78 Å². The van der Waals surface area contributed by atoms with E-state index < -0.39 is 11.6 Å². The van der Waals surface area contributed by atoms with E-state index in [-0.39, 0.29) is 6.04 Å². The van der Waals surface area contributed by atoms with Crippen LogP contribution in [-0.4, -0.2) is 24.0 Å². The van der Waals surface area contributed by atoms with Gasteiger partial charge in [0, 0.05) is 31.2 Å². The largest absolute Gasteiger partial charge is 0.326 e. The van der Waals surface area contributed by atoms with E-state index in [4.69, 9.17) is 5.73 Å². The summed E-state index contributed by atoms with van der Waals surface area (Å²) in [5.74, 6) is -1.52. The first-order chi connectivity index (χ1) is 7.16. The normalized spacial score (nSPS) is 22.2. The molecule has 1 aromatic carbocycles. The minimum Gasteiger partial charge on any atom is -0.326 e. The molecule has 0 amide bonds. The number of nitrogens with two attached hydrogens (primary N) is 1. The lowest BCUT2D eigenvalue weighted by atomic mass is 10.2. The van der Waals surface area contributed by atoms with Gasteiger partial charge in [-0.1, -0.05) is 12.1 Å². The summed E-state index contributed by atoms with van der Waals surface area (Å²) in [5.41, 5.74) is 6.14. The minimum absolute atomic E-state index is 0.168. The third kappa shape index (κ3) is 2.33. The Bertz CT molecular complexity index is 354. The molecule has 1 fully saturated rings. The molecular formula is C11H14F2N2. The van der Waals surface area contributed by atoms with E-state index >= 15 is 0 Å². The number of hydrogen-bond donors (Lipinski definition) is 1. The minimum atomic E-state index is -0.781.